The highest BCUT2D eigenvalue weighted by Crippen LogP contribution is 2.16. The summed E-state index contributed by atoms with van der Waals surface area (Å²) in [5.74, 6) is -0.145. The zero-order chi connectivity index (χ0) is 11.4. The van der Waals surface area contributed by atoms with E-state index >= 15 is 0 Å². The summed E-state index contributed by atoms with van der Waals surface area (Å²) in [6, 6.07) is 1.77. The molecule has 15 heavy (non-hydrogen) atoms. The van der Waals surface area contributed by atoms with E-state index in [1.165, 1.54) is 0 Å². The van der Waals surface area contributed by atoms with Gasteiger partial charge in [-0.05, 0) is 18.2 Å². The van der Waals surface area contributed by atoms with Gasteiger partial charge in [-0.15, -0.1) is 0 Å². The predicted octanol–water partition coefficient (Wildman–Crippen LogP) is 1.11. The van der Waals surface area contributed by atoms with Crippen LogP contribution in [0.5, 0.6) is 0 Å². The van der Waals surface area contributed by atoms with Crippen LogP contribution in [-0.4, -0.2) is 5.91 Å². The van der Waals surface area contributed by atoms with Crippen molar-refractivity contribution >= 4 is 12.0 Å². The lowest BCUT2D eigenvalue weighted by Crippen LogP contribution is -2.27. The van der Waals surface area contributed by atoms with Crippen molar-refractivity contribution in [2.45, 2.75) is 0 Å². The molecule has 80 valence electrons. The number of benzene rings is 1. The van der Waals surface area contributed by atoms with Gasteiger partial charge in [-0.1, -0.05) is 0 Å². The first-order valence-electron chi connectivity index (χ1n) is 3.88. The third-order valence-electron chi connectivity index (χ3n) is 1.62. The van der Waals surface area contributed by atoms with Gasteiger partial charge in [-0.2, -0.15) is 0 Å². The van der Waals surface area contributed by atoms with Crippen molar-refractivity contribution in [3.63, 3.8) is 0 Å². The predicted molar refractivity (Wildman–Crippen MR) is 47.7 cm³/mol. The minimum atomic E-state index is -1.58. The van der Waals surface area contributed by atoms with E-state index in [4.69, 9.17) is 5.84 Å². The van der Waals surface area contributed by atoms with Gasteiger partial charge in [0.15, 0.2) is 17.5 Å². The highest BCUT2D eigenvalue weighted by molar-refractivity contribution is 5.91. The molecular weight excluding hydrogens is 209 g/mol. The Kier molecular flexibility index (Phi) is 3.46. The zero-order valence-electron chi connectivity index (χ0n) is 7.43. The molecule has 0 aliphatic rings. The number of rotatable bonds is 2. The fourth-order valence-electron chi connectivity index (χ4n) is 0.883. The van der Waals surface area contributed by atoms with Crippen LogP contribution in [0.4, 0.5) is 13.2 Å². The van der Waals surface area contributed by atoms with Crippen molar-refractivity contribution in [2.75, 3.05) is 0 Å². The summed E-state index contributed by atoms with van der Waals surface area (Å²) in [6.07, 6.45) is 1.88. The molecule has 0 saturated heterocycles. The van der Waals surface area contributed by atoms with Crippen molar-refractivity contribution < 1.29 is 18.0 Å². The molecule has 0 fully saturated rings. The van der Waals surface area contributed by atoms with E-state index in [9.17, 15) is 18.0 Å². The van der Waals surface area contributed by atoms with Crippen LogP contribution >= 0.6 is 0 Å². The van der Waals surface area contributed by atoms with E-state index < -0.39 is 23.4 Å². The quantitative estimate of drug-likeness (QED) is 0.256. The highest BCUT2D eigenvalue weighted by atomic mass is 19.2. The van der Waals surface area contributed by atoms with E-state index in [1.807, 2.05) is 0 Å². The van der Waals surface area contributed by atoms with E-state index in [1.54, 1.807) is 5.43 Å². The van der Waals surface area contributed by atoms with Crippen LogP contribution in [0.15, 0.2) is 18.2 Å². The second-order valence-electron chi connectivity index (χ2n) is 2.61. The van der Waals surface area contributed by atoms with E-state index in [2.05, 4.69) is 0 Å². The maximum atomic E-state index is 13.0. The van der Waals surface area contributed by atoms with Crippen molar-refractivity contribution in [2.24, 2.45) is 5.84 Å². The number of nitrogens with one attached hydrogen (secondary N) is 1. The molecule has 0 saturated carbocycles. The molecule has 0 unspecified atom stereocenters. The SMILES string of the molecule is NNC(=O)/C=C/c1ccc(F)c(F)c1F. The number of hydrazine groups is 1. The Balaban J connectivity index is 3.02. The number of carbonyl (C=O) groups excluding carboxylic acids is 1. The van der Waals surface area contributed by atoms with Crippen LogP contribution in [0, 0.1) is 17.5 Å². The highest BCUT2D eigenvalue weighted by Gasteiger charge is 2.11. The molecule has 3 nitrogen and oxygen atoms in total. The van der Waals surface area contributed by atoms with Gasteiger partial charge in [-0.25, -0.2) is 19.0 Å². The number of carbonyl (C=O) groups is 1. The van der Waals surface area contributed by atoms with E-state index in [0.29, 0.717) is 0 Å². The van der Waals surface area contributed by atoms with Gasteiger partial charge < -0.3 is 0 Å². The van der Waals surface area contributed by atoms with E-state index in [0.717, 1.165) is 24.3 Å². The number of halogens is 3. The number of amides is 1. The van der Waals surface area contributed by atoms with Gasteiger partial charge >= 0.3 is 0 Å². The van der Waals surface area contributed by atoms with Crippen molar-refractivity contribution in [1.29, 1.82) is 0 Å². The van der Waals surface area contributed by atoms with Gasteiger partial charge in [0.2, 0.25) is 0 Å². The largest absolute Gasteiger partial charge is 0.291 e. The third kappa shape index (κ3) is 2.57. The standard InChI is InChI=1S/C9H7F3N2O/c10-6-3-1-5(8(11)9(6)12)2-4-7(15)14-13/h1-4H,13H2,(H,14,15)/b4-2+. The van der Waals surface area contributed by atoms with Crippen LogP contribution in [0.1, 0.15) is 5.56 Å². The average molecular weight is 216 g/mol. The summed E-state index contributed by atoms with van der Waals surface area (Å²) < 4.78 is 38.2. The number of nitrogens with two attached hydrogens (primary N) is 1. The molecule has 0 bridgehead atoms. The topological polar surface area (TPSA) is 55.1 Å². The fourth-order valence-corrected chi connectivity index (χ4v) is 0.883. The molecule has 0 spiro atoms. The van der Waals surface area contributed by atoms with Crippen molar-refractivity contribution in [3.05, 3.63) is 41.2 Å². The second kappa shape index (κ2) is 4.61. The van der Waals surface area contributed by atoms with Gasteiger partial charge in [0.05, 0.1) is 0 Å². The fraction of sp³-hybridized carbons (Fsp3) is 0. The Bertz CT molecular complexity index is 418. The summed E-state index contributed by atoms with van der Waals surface area (Å²) in [4.78, 5) is 10.6. The third-order valence-corrected chi connectivity index (χ3v) is 1.62. The Morgan fingerprint density at radius 2 is 1.93 bits per heavy atom. The summed E-state index contributed by atoms with van der Waals surface area (Å²) in [5, 5.41) is 0. The minimum absolute atomic E-state index is 0.238. The van der Waals surface area contributed by atoms with Crippen LogP contribution in [-0.2, 0) is 4.79 Å². The van der Waals surface area contributed by atoms with Gasteiger partial charge in [-0.3, -0.25) is 10.2 Å². The monoisotopic (exact) mass is 216 g/mol. The maximum Gasteiger partial charge on any atom is 0.257 e. The molecule has 0 radical (unpaired) electrons. The second-order valence-corrected chi connectivity index (χ2v) is 2.61. The van der Waals surface area contributed by atoms with Gasteiger partial charge in [0.25, 0.3) is 5.91 Å². The average Bonchev–Trinajstić information content (AvgIpc) is 2.24. The lowest BCUT2D eigenvalue weighted by molar-refractivity contribution is -0.116. The van der Waals surface area contributed by atoms with Crippen molar-refractivity contribution in [3.8, 4) is 0 Å². The van der Waals surface area contributed by atoms with E-state index in [-0.39, 0.29) is 5.56 Å². The zero-order valence-corrected chi connectivity index (χ0v) is 7.43. The molecular formula is C9H7F3N2O. The number of hydrogen-bond donors (Lipinski definition) is 2. The Labute approximate surface area is 83.4 Å². The summed E-state index contributed by atoms with van der Waals surface area (Å²) in [5.41, 5.74) is 1.53. The van der Waals surface area contributed by atoms with Crippen LogP contribution in [0.2, 0.25) is 0 Å². The molecule has 6 heteroatoms. The smallest absolute Gasteiger partial charge is 0.257 e. The first-order valence-corrected chi connectivity index (χ1v) is 3.88. The molecule has 3 N–H and O–H groups in total. The normalized spacial score (nSPS) is 10.7. The lowest BCUT2D eigenvalue weighted by Gasteiger charge is -1.99. The lowest BCUT2D eigenvalue weighted by atomic mass is 10.2. The summed E-state index contributed by atoms with van der Waals surface area (Å²) in [7, 11) is 0. The Morgan fingerprint density at radius 1 is 1.27 bits per heavy atom. The molecule has 1 amide bonds. The van der Waals surface area contributed by atoms with Gasteiger partial charge in [0, 0.05) is 11.6 Å². The summed E-state index contributed by atoms with van der Waals surface area (Å²) >= 11 is 0. The van der Waals surface area contributed by atoms with Crippen LogP contribution in [0.3, 0.4) is 0 Å². The Morgan fingerprint density at radius 3 is 2.53 bits per heavy atom. The first-order chi connectivity index (χ1) is 7.06. The molecule has 1 aromatic rings. The molecule has 0 atom stereocenters. The van der Waals surface area contributed by atoms with Crippen LogP contribution < -0.4 is 11.3 Å². The molecule has 0 aliphatic heterocycles. The molecule has 0 heterocycles. The molecule has 1 aromatic carbocycles. The van der Waals surface area contributed by atoms with Crippen molar-refractivity contribution in [1.82, 2.24) is 5.43 Å². The van der Waals surface area contributed by atoms with Gasteiger partial charge in [0.1, 0.15) is 0 Å². The summed E-state index contributed by atoms with van der Waals surface area (Å²) in [6.45, 7) is 0. The Hall–Kier alpha value is -1.82. The van der Waals surface area contributed by atoms with Crippen LogP contribution in [0.25, 0.3) is 6.08 Å². The first kappa shape index (κ1) is 11.3. The minimum Gasteiger partial charge on any atom is -0.291 e. The molecule has 0 aliphatic carbocycles. The molecule has 1 rings (SSSR count). The number of hydrogen-bond acceptors (Lipinski definition) is 2. The maximum absolute atomic E-state index is 13.0. The molecule has 0 aromatic heterocycles.